The van der Waals surface area contributed by atoms with Crippen LogP contribution < -0.4 is 14.8 Å². The van der Waals surface area contributed by atoms with Gasteiger partial charge in [0.05, 0.1) is 31.0 Å². The van der Waals surface area contributed by atoms with Gasteiger partial charge in [0.25, 0.3) is 0 Å². The molecule has 0 radical (unpaired) electrons. The molecule has 6 atom stereocenters. The Balaban J connectivity index is 0.000000185. The molecular weight excluding hydrogens is 555 g/mol. The predicted octanol–water partition coefficient (Wildman–Crippen LogP) is 4.69. The maximum atomic E-state index is 10.1. The third-order valence-corrected chi connectivity index (χ3v) is 6.70. The molecule has 40 heavy (non-hydrogen) atoms. The second-order valence-electron chi connectivity index (χ2n) is 10.5. The molecule has 3 heterocycles. The minimum atomic E-state index is -0.511. The van der Waals surface area contributed by atoms with E-state index in [2.05, 4.69) is 37.9 Å². The van der Waals surface area contributed by atoms with Gasteiger partial charge in [-0.15, -0.1) is 0 Å². The highest BCUT2D eigenvalue weighted by molar-refractivity contribution is 6.30. The number of nitrogens with one attached hydrogen (secondary N) is 1. The van der Waals surface area contributed by atoms with Crippen molar-refractivity contribution in [2.24, 2.45) is 0 Å². The summed E-state index contributed by atoms with van der Waals surface area (Å²) in [6, 6.07) is 14.5. The van der Waals surface area contributed by atoms with Gasteiger partial charge >= 0.3 is 0 Å². The van der Waals surface area contributed by atoms with Crippen LogP contribution in [0.5, 0.6) is 11.5 Å². The SMILES string of the molecule is CC1CN(CC(O)COc2ccc(Cl)cc2)CC(C)O1.CC1CNCC(C)O1.Clc1ccc(OCC2CO2)cc1. The first kappa shape index (κ1) is 32.9. The zero-order chi connectivity index (χ0) is 28.9. The summed E-state index contributed by atoms with van der Waals surface area (Å²) in [4.78, 5) is 2.22. The molecule has 0 spiro atoms. The van der Waals surface area contributed by atoms with Crippen molar-refractivity contribution < 1.29 is 28.8 Å². The number of epoxide rings is 1. The van der Waals surface area contributed by atoms with Crippen molar-refractivity contribution in [3.05, 3.63) is 58.6 Å². The number of ether oxygens (including phenoxy) is 5. The van der Waals surface area contributed by atoms with Gasteiger partial charge in [0.15, 0.2) is 0 Å². The lowest BCUT2D eigenvalue weighted by atomic mass is 10.2. The van der Waals surface area contributed by atoms with E-state index < -0.39 is 6.10 Å². The Hall–Kier alpha value is -1.62. The normalized spacial score (nSPS) is 26.8. The number of halogens is 2. The van der Waals surface area contributed by atoms with Crippen molar-refractivity contribution >= 4 is 23.2 Å². The number of hydrogen-bond acceptors (Lipinski definition) is 8. The van der Waals surface area contributed by atoms with Crippen LogP contribution in [0.4, 0.5) is 0 Å². The topological polar surface area (TPSA) is 85.0 Å². The van der Waals surface area contributed by atoms with E-state index in [1.807, 2.05) is 24.3 Å². The molecule has 3 saturated heterocycles. The molecule has 5 rings (SSSR count). The molecule has 2 N–H and O–H groups in total. The zero-order valence-corrected chi connectivity index (χ0v) is 25.4. The number of morpholine rings is 2. The summed E-state index contributed by atoms with van der Waals surface area (Å²) in [5.74, 6) is 1.56. The molecule has 0 aliphatic carbocycles. The Kier molecular flexibility index (Phi) is 14.3. The van der Waals surface area contributed by atoms with E-state index in [-0.39, 0.29) is 18.8 Å². The highest BCUT2D eigenvalue weighted by Gasteiger charge is 2.24. The molecule has 0 saturated carbocycles. The van der Waals surface area contributed by atoms with Gasteiger partial charge in [0.1, 0.15) is 36.9 Å². The second kappa shape index (κ2) is 17.4. The first-order valence-corrected chi connectivity index (χ1v) is 14.7. The predicted molar refractivity (Wildman–Crippen MR) is 159 cm³/mol. The lowest BCUT2D eigenvalue weighted by molar-refractivity contribution is -0.0786. The van der Waals surface area contributed by atoms with E-state index in [1.165, 1.54) is 0 Å². The van der Waals surface area contributed by atoms with Crippen molar-refractivity contribution in [1.29, 1.82) is 0 Å². The fourth-order valence-corrected chi connectivity index (χ4v) is 4.63. The molecule has 8 nitrogen and oxygen atoms in total. The van der Waals surface area contributed by atoms with Gasteiger partial charge in [-0.05, 0) is 76.2 Å². The van der Waals surface area contributed by atoms with Gasteiger partial charge < -0.3 is 34.1 Å². The van der Waals surface area contributed by atoms with Gasteiger partial charge in [0, 0.05) is 42.8 Å². The van der Waals surface area contributed by atoms with Crippen molar-refractivity contribution in [3.63, 3.8) is 0 Å². The molecule has 2 aromatic carbocycles. The molecule has 10 heteroatoms. The highest BCUT2D eigenvalue weighted by atomic mass is 35.5. The van der Waals surface area contributed by atoms with Crippen molar-refractivity contribution in [1.82, 2.24) is 10.2 Å². The van der Waals surface area contributed by atoms with Crippen LogP contribution in [0.3, 0.4) is 0 Å². The van der Waals surface area contributed by atoms with Crippen LogP contribution in [0, 0.1) is 0 Å². The van der Waals surface area contributed by atoms with Gasteiger partial charge in [-0.25, -0.2) is 0 Å². The van der Waals surface area contributed by atoms with Gasteiger partial charge in [-0.1, -0.05) is 23.2 Å². The maximum absolute atomic E-state index is 10.1. The summed E-state index contributed by atoms with van der Waals surface area (Å²) in [6.07, 6.45) is 1.02. The minimum Gasteiger partial charge on any atom is -0.491 e. The molecule has 0 aromatic heterocycles. The molecule has 3 aliphatic rings. The number of benzene rings is 2. The quantitative estimate of drug-likeness (QED) is 0.423. The molecule has 2 aromatic rings. The van der Waals surface area contributed by atoms with Crippen molar-refractivity contribution in [2.45, 2.75) is 64.3 Å². The lowest BCUT2D eigenvalue weighted by Gasteiger charge is -2.36. The summed E-state index contributed by atoms with van der Waals surface area (Å²) in [7, 11) is 0. The summed E-state index contributed by atoms with van der Waals surface area (Å²) >= 11 is 11.5. The van der Waals surface area contributed by atoms with E-state index in [0.29, 0.717) is 36.5 Å². The Morgan fingerprint density at radius 3 is 1.75 bits per heavy atom. The number of hydrogen-bond donors (Lipinski definition) is 2. The minimum absolute atomic E-state index is 0.211. The van der Waals surface area contributed by atoms with E-state index >= 15 is 0 Å². The Labute approximate surface area is 248 Å². The number of aliphatic hydroxyl groups excluding tert-OH is 1. The molecule has 3 aliphatic heterocycles. The summed E-state index contributed by atoms with van der Waals surface area (Å²) in [5, 5.41) is 14.7. The molecule has 6 unspecified atom stereocenters. The molecule has 0 bridgehead atoms. The molecular formula is C30H44Cl2N2O6. The van der Waals surface area contributed by atoms with E-state index in [9.17, 15) is 5.11 Å². The summed E-state index contributed by atoms with van der Waals surface area (Å²) in [5.41, 5.74) is 0. The van der Waals surface area contributed by atoms with Crippen LogP contribution in [0.25, 0.3) is 0 Å². The fourth-order valence-electron chi connectivity index (χ4n) is 4.37. The number of nitrogens with zero attached hydrogens (tertiary/aromatic N) is 1. The van der Waals surface area contributed by atoms with Crippen LogP contribution in [-0.2, 0) is 14.2 Å². The molecule has 0 amide bonds. The third kappa shape index (κ3) is 13.8. The maximum Gasteiger partial charge on any atom is 0.119 e. The van der Waals surface area contributed by atoms with E-state index in [1.54, 1.807) is 24.3 Å². The van der Waals surface area contributed by atoms with Gasteiger partial charge in [-0.2, -0.15) is 0 Å². The van der Waals surface area contributed by atoms with Crippen molar-refractivity contribution in [2.75, 3.05) is 52.5 Å². The third-order valence-electron chi connectivity index (χ3n) is 6.20. The van der Waals surface area contributed by atoms with Gasteiger partial charge in [0.2, 0.25) is 0 Å². The van der Waals surface area contributed by atoms with Crippen LogP contribution in [0.15, 0.2) is 48.5 Å². The Morgan fingerprint density at radius 2 is 1.30 bits per heavy atom. The number of aliphatic hydroxyl groups is 1. The average Bonchev–Trinajstić information content (AvgIpc) is 3.73. The first-order chi connectivity index (χ1) is 19.2. The van der Waals surface area contributed by atoms with Gasteiger partial charge in [-0.3, -0.25) is 4.90 Å². The van der Waals surface area contributed by atoms with Crippen LogP contribution in [0.2, 0.25) is 10.0 Å². The standard InChI is InChI=1S/C15H22ClNO3.C9H9ClO2.C6H13NO/c1-11-7-17(8-12(2)20-11)9-14(18)10-19-15-5-3-13(16)4-6-15;10-7-1-3-8(4-2-7)11-5-9-6-12-9;1-5-3-7-4-6(2)8-5/h3-6,11-12,14,18H,7-10H2,1-2H3;1-4,9H,5-6H2;5-7H,3-4H2,1-2H3. The second-order valence-corrected chi connectivity index (χ2v) is 11.4. The fraction of sp³-hybridized carbons (Fsp3) is 0.600. The smallest absolute Gasteiger partial charge is 0.119 e. The van der Waals surface area contributed by atoms with Crippen molar-refractivity contribution in [3.8, 4) is 11.5 Å². The Bertz CT molecular complexity index is 946. The van der Waals surface area contributed by atoms with E-state index in [0.717, 1.165) is 49.3 Å². The average molecular weight is 600 g/mol. The zero-order valence-electron chi connectivity index (χ0n) is 23.9. The molecule has 224 valence electrons. The van der Waals surface area contributed by atoms with E-state index in [4.69, 9.17) is 46.9 Å². The number of rotatable bonds is 8. The monoisotopic (exact) mass is 598 g/mol. The first-order valence-electron chi connectivity index (χ1n) is 14.0. The van der Waals surface area contributed by atoms with Crippen LogP contribution in [-0.4, -0.2) is 99.2 Å². The highest BCUT2D eigenvalue weighted by Crippen LogP contribution is 2.18. The largest absolute Gasteiger partial charge is 0.491 e. The van der Waals surface area contributed by atoms with Crippen LogP contribution in [0.1, 0.15) is 27.7 Å². The Morgan fingerprint density at radius 1 is 0.825 bits per heavy atom. The lowest BCUT2D eigenvalue weighted by Crippen LogP contribution is -2.48. The summed E-state index contributed by atoms with van der Waals surface area (Å²) < 4.78 is 27.1. The number of β-amino-alcohol motifs (C(OH)–C–C–N with tert-alkyl or cyclic N) is 1. The molecule has 3 fully saturated rings. The summed E-state index contributed by atoms with van der Waals surface area (Å²) in [6.45, 7) is 14.3. The van der Waals surface area contributed by atoms with Crippen LogP contribution >= 0.6 is 23.2 Å².